The van der Waals surface area contributed by atoms with Crippen LogP contribution in [0.25, 0.3) is 33.0 Å². The highest BCUT2D eigenvalue weighted by atomic mass is 28.3. The van der Waals surface area contributed by atoms with Crippen molar-refractivity contribution in [2.45, 2.75) is 57.3 Å². The van der Waals surface area contributed by atoms with Crippen LogP contribution in [0.15, 0.2) is 218 Å². The van der Waals surface area contributed by atoms with Crippen molar-refractivity contribution < 1.29 is 0 Å². The monoisotopic (exact) mass is 827 g/mol. The van der Waals surface area contributed by atoms with E-state index in [0.29, 0.717) is 5.92 Å². The number of rotatable bonds is 9. The van der Waals surface area contributed by atoms with Crippen LogP contribution >= 0.6 is 0 Å². The van der Waals surface area contributed by atoms with Crippen molar-refractivity contribution in [3.8, 4) is 22.3 Å². The fourth-order valence-electron chi connectivity index (χ4n) is 11.2. The maximum absolute atomic E-state index is 2.68. The third kappa shape index (κ3) is 6.76. The quantitative estimate of drug-likeness (QED) is 0.103. The summed E-state index contributed by atoms with van der Waals surface area (Å²) in [6, 6.07) is 82.7. The Balaban J connectivity index is 1.05. The second-order valence-electron chi connectivity index (χ2n) is 18.3. The molecule has 2 heteroatoms. The molecule has 11 rings (SSSR count). The number of fused-ring (bicyclic) bond motifs is 4. The van der Waals surface area contributed by atoms with Crippen LogP contribution in [-0.4, -0.2) is 8.07 Å². The maximum atomic E-state index is 2.49. The average molecular weight is 828 g/mol. The molecule has 0 atom stereocenters. The van der Waals surface area contributed by atoms with Gasteiger partial charge < -0.3 is 4.90 Å². The van der Waals surface area contributed by atoms with Gasteiger partial charge in [-0.2, -0.15) is 0 Å². The van der Waals surface area contributed by atoms with Crippen LogP contribution in [0.3, 0.4) is 0 Å². The molecule has 0 amide bonds. The number of hydrogen-bond donors (Lipinski definition) is 0. The summed E-state index contributed by atoms with van der Waals surface area (Å²) in [5, 5.41) is 8.09. The Labute approximate surface area is 374 Å². The molecular weight excluding hydrogens is 775 g/mol. The molecule has 0 saturated heterocycles. The third-order valence-corrected chi connectivity index (χ3v) is 19.2. The molecule has 0 spiro atoms. The normalized spacial score (nSPS) is 14.6. The minimum absolute atomic E-state index is 0.162. The Morgan fingerprint density at radius 3 is 1.59 bits per heavy atom. The van der Waals surface area contributed by atoms with Crippen molar-refractivity contribution in [3.05, 3.63) is 235 Å². The van der Waals surface area contributed by atoms with E-state index in [1.54, 1.807) is 0 Å². The summed E-state index contributed by atoms with van der Waals surface area (Å²) in [6.07, 6.45) is 6.62. The Bertz CT molecular complexity index is 2940. The van der Waals surface area contributed by atoms with E-state index >= 15 is 0 Å². The van der Waals surface area contributed by atoms with Gasteiger partial charge in [0.25, 0.3) is 0 Å². The minimum Gasteiger partial charge on any atom is -0.310 e. The van der Waals surface area contributed by atoms with Crippen molar-refractivity contribution in [1.82, 2.24) is 0 Å². The molecule has 9 aromatic carbocycles. The first-order valence-corrected chi connectivity index (χ1v) is 24.9. The highest BCUT2D eigenvalue weighted by Gasteiger charge is 2.41. The molecule has 0 radical (unpaired) electrons. The second kappa shape index (κ2) is 16.2. The van der Waals surface area contributed by atoms with E-state index in [0.717, 1.165) is 5.69 Å². The van der Waals surface area contributed by atoms with Gasteiger partial charge >= 0.3 is 0 Å². The molecule has 1 fully saturated rings. The molecule has 0 bridgehead atoms. The van der Waals surface area contributed by atoms with Gasteiger partial charge in [0, 0.05) is 22.5 Å². The molecule has 306 valence electrons. The molecule has 2 aliphatic rings. The zero-order valence-corrected chi connectivity index (χ0v) is 37.3. The summed E-state index contributed by atoms with van der Waals surface area (Å²) in [4.78, 5) is 2.49. The van der Waals surface area contributed by atoms with Crippen molar-refractivity contribution >= 4 is 56.7 Å². The van der Waals surface area contributed by atoms with Gasteiger partial charge in [0.1, 0.15) is 0 Å². The molecule has 9 aromatic rings. The van der Waals surface area contributed by atoms with Gasteiger partial charge in [-0.1, -0.05) is 209 Å². The van der Waals surface area contributed by atoms with Crippen LogP contribution in [0.1, 0.15) is 68.6 Å². The molecule has 63 heavy (non-hydrogen) atoms. The van der Waals surface area contributed by atoms with Crippen LogP contribution in [0.2, 0.25) is 0 Å². The highest BCUT2D eigenvalue weighted by Crippen LogP contribution is 2.52. The van der Waals surface area contributed by atoms with Gasteiger partial charge in [-0.05, 0) is 132 Å². The minimum atomic E-state index is -2.68. The smallest absolute Gasteiger partial charge is 0.179 e. The molecular formula is C61H53NSi. The van der Waals surface area contributed by atoms with Gasteiger partial charge in [0.05, 0.1) is 0 Å². The first kappa shape index (κ1) is 39.1. The average Bonchev–Trinajstić information content (AvgIpc) is 3.58. The van der Waals surface area contributed by atoms with Gasteiger partial charge in [-0.25, -0.2) is 0 Å². The zero-order chi connectivity index (χ0) is 42.4. The highest BCUT2D eigenvalue weighted by molar-refractivity contribution is 7.19. The lowest BCUT2D eigenvalue weighted by atomic mass is 9.82. The fraction of sp³-hybridized carbons (Fsp3) is 0.148. The van der Waals surface area contributed by atoms with Crippen LogP contribution < -0.4 is 25.6 Å². The molecule has 0 N–H and O–H groups in total. The maximum Gasteiger partial charge on any atom is 0.179 e. The Morgan fingerprint density at radius 1 is 0.413 bits per heavy atom. The van der Waals surface area contributed by atoms with Gasteiger partial charge in [-0.15, -0.1) is 0 Å². The number of nitrogens with zero attached hydrogens (tertiary/aromatic N) is 1. The second-order valence-corrected chi connectivity index (χ2v) is 22.1. The summed E-state index contributed by atoms with van der Waals surface area (Å²) in [5.74, 6) is 0.658. The number of hydrogen-bond acceptors (Lipinski definition) is 1. The lowest BCUT2D eigenvalue weighted by Crippen LogP contribution is -2.74. The molecule has 0 heterocycles. The van der Waals surface area contributed by atoms with E-state index in [-0.39, 0.29) is 5.41 Å². The summed E-state index contributed by atoms with van der Waals surface area (Å²) in [6.45, 7) is 4.80. The topological polar surface area (TPSA) is 3.24 Å². The largest absolute Gasteiger partial charge is 0.310 e. The summed E-state index contributed by atoms with van der Waals surface area (Å²) >= 11 is 0. The lowest BCUT2D eigenvalue weighted by molar-refractivity contribution is 0.443. The van der Waals surface area contributed by atoms with E-state index in [4.69, 9.17) is 0 Å². The Kier molecular flexibility index (Phi) is 10.1. The summed E-state index contributed by atoms with van der Waals surface area (Å²) in [7, 11) is -2.68. The van der Waals surface area contributed by atoms with Crippen molar-refractivity contribution in [2.75, 3.05) is 4.90 Å². The van der Waals surface area contributed by atoms with Crippen LogP contribution in [0.4, 0.5) is 17.1 Å². The predicted molar refractivity (Wildman–Crippen MR) is 271 cm³/mol. The first-order chi connectivity index (χ1) is 31.0. The number of anilines is 3. The Morgan fingerprint density at radius 2 is 0.952 bits per heavy atom. The van der Waals surface area contributed by atoms with Crippen molar-refractivity contribution in [3.63, 3.8) is 0 Å². The van der Waals surface area contributed by atoms with E-state index < -0.39 is 8.07 Å². The van der Waals surface area contributed by atoms with Gasteiger partial charge in [0.15, 0.2) is 8.07 Å². The number of benzene rings is 9. The zero-order valence-electron chi connectivity index (χ0n) is 36.3. The lowest BCUT2D eigenvalue weighted by Gasteiger charge is -2.35. The van der Waals surface area contributed by atoms with E-state index in [1.807, 2.05) is 0 Å². The molecule has 0 unspecified atom stereocenters. The van der Waals surface area contributed by atoms with E-state index in [1.165, 1.54) is 114 Å². The van der Waals surface area contributed by atoms with E-state index in [9.17, 15) is 0 Å². The van der Waals surface area contributed by atoms with Crippen molar-refractivity contribution in [1.29, 1.82) is 0 Å². The van der Waals surface area contributed by atoms with E-state index in [2.05, 4.69) is 237 Å². The SMILES string of the molecule is CC1(C)c2ccc(-c3cccc4ccccc34)cc2-c2ccc(N(c3ccc(C4CCCCC4)cc3)c3ccc([Si](c4ccccc4)(c4ccccc4)c4ccccc4)cc3)cc21. The first-order valence-electron chi connectivity index (χ1n) is 22.9. The fourth-order valence-corrected chi connectivity index (χ4v) is 16.0. The molecule has 0 aliphatic heterocycles. The third-order valence-electron chi connectivity index (χ3n) is 14.4. The summed E-state index contributed by atoms with van der Waals surface area (Å²) < 4.78 is 0. The molecule has 2 aliphatic carbocycles. The summed E-state index contributed by atoms with van der Waals surface area (Å²) in [5.41, 5.74) is 12.8. The van der Waals surface area contributed by atoms with Crippen LogP contribution in [0, 0.1) is 0 Å². The molecule has 0 aromatic heterocycles. The molecule has 1 nitrogen and oxygen atoms in total. The van der Waals surface area contributed by atoms with Crippen LogP contribution in [-0.2, 0) is 5.41 Å². The van der Waals surface area contributed by atoms with Gasteiger partial charge in [0.2, 0.25) is 0 Å². The van der Waals surface area contributed by atoms with Crippen LogP contribution in [0.5, 0.6) is 0 Å². The Hall–Kier alpha value is -6.74. The molecule has 1 saturated carbocycles. The predicted octanol–water partition coefficient (Wildman–Crippen LogP) is 13.7. The van der Waals surface area contributed by atoms with Gasteiger partial charge in [-0.3, -0.25) is 0 Å². The van der Waals surface area contributed by atoms with Crippen molar-refractivity contribution in [2.24, 2.45) is 0 Å². The standard InChI is InChI=1S/C61H53NSi/c1-61(2)59-41-32-47(56-29-17-21-46-20-15-16-28-55(46)56)42-58(59)57-40-37-50(43-60(57)61)62(48-33-30-45(31-34-48)44-18-7-3-8-19-44)49-35-38-54(39-36-49)63(51-22-9-4-10-23-51,52-24-11-5-12-25-52)53-26-13-6-14-27-53/h4-6,9-17,20-44H,3,7-8,18-19H2,1-2H3.